The number of nitrogens with zero attached hydrogens (tertiary/aromatic N) is 2. The Kier molecular flexibility index (Phi) is 15.4. The number of thiazole rings is 1. The molecule has 5 atom stereocenters. The van der Waals surface area contributed by atoms with Crippen LogP contribution in [0, 0.1) is 12.3 Å². The molecule has 1 saturated heterocycles. The number of carbonyl (C=O) groups excluding carboxylic acids is 4. The summed E-state index contributed by atoms with van der Waals surface area (Å²) in [4.78, 5) is 58.6. The van der Waals surface area contributed by atoms with E-state index in [-0.39, 0.29) is 62.2 Å². The Bertz CT molecular complexity index is 1740. The van der Waals surface area contributed by atoms with Crippen LogP contribution in [0.4, 0.5) is 0 Å². The van der Waals surface area contributed by atoms with Crippen LogP contribution in [0.2, 0.25) is 5.02 Å². The molecule has 0 radical (unpaired) electrons. The number of aryl methyl sites for hydroxylation is 2. The number of ether oxygens (including phenoxy) is 1. The van der Waals surface area contributed by atoms with E-state index in [9.17, 15) is 24.3 Å². The number of carbonyl (C=O) groups is 4. The van der Waals surface area contributed by atoms with E-state index in [1.807, 2.05) is 76.5 Å². The summed E-state index contributed by atoms with van der Waals surface area (Å²) >= 11 is 7.89. The van der Waals surface area contributed by atoms with E-state index in [0.717, 1.165) is 46.5 Å². The lowest BCUT2D eigenvalue weighted by Crippen LogP contribution is -2.57. The van der Waals surface area contributed by atoms with Crippen LogP contribution < -0.4 is 26.8 Å². The van der Waals surface area contributed by atoms with E-state index in [1.165, 1.54) is 4.90 Å². The van der Waals surface area contributed by atoms with Gasteiger partial charge in [0, 0.05) is 31.8 Å². The van der Waals surface area contributed by atoms with Crippen molar-refractivity contribution in [2.24, 2.45) is 16.9 Å². The second kappa shape index (κ2) is 19.5. The summed E-state index contributed by atoms with van der Waals surface area (Å²) in [5.41, 5.74) is 16.3. The molecule has 12 nitrogen and oxygen atoms in total. The maximum atomic E-state index is 14.0. The number of nitrogens with one attached hydrogen (secondary N) is 2. The predicted octanol–water partition coefficient (Wildman–Crippen LogP) is 5.22. The molecule has 54 heavy (non-hydrogen) atoms. The summed E-state index contributed by atoms with van der Waals surface area (Å²) in [5.74, 6) is -0.871. The minimum absolute atomic E-state index is 0.0101. The van der Waals surface area contributed by atoms with Gasteiger partial charge in [-0.1, -0.05) is 69.1 Å². The van der Waals surface area contributed by atoms with Crippen molar-refractivity contribution >= 4 is 46.6 Å². The number of halogens is 1. The van der Waals surface area contributed by atoms with Crippen LogP contribution in [0.1, 0.15) is 95.5 Å². The van der Waals surface area contributed by atoms with Gasteiger partial charge in [-0.3, -0.25) is 19.2 Å². The summed E-state index contributed by atoms with van der Waals surface area (Å²) in [6, 6.07) is 11.1. The third kappa shape index (κ3) is 12.2. The highest BCUT2D eigenvalue weighted by atomic mass is 35.5. The van der Waals surface area contributed by atoms with Gasteiger partial charge in [-0.15, -0.1) is 11.3 Å². The van der Waals surface area contributed by atoms with E-state index >= 15 is 0 Å². The molecule has 1 aliphatic rings. The summed E-state index contributed by atoms with van der Waals surface area (Å²) in [6.07, 6.45) is 3.10. The summed E-state index contributed by atoms with van der Waals surface area (Å²) in [5, 5.41) is 17.0. The first-order chi connectivity index (χ1) is 25.5. The fourth-order valence-electron chi connectivity index (χ4n) is 6.46. The van der Waals surface area contributed by atoms with Crippen molar-refractivity contribution in [1.82, 2.24) is 20.5 Å². The lowest BCUT2D eigenvalue weighted by molar-refractivity contribution is -0.144. The number of rotatable bonds is 18. The van der Waals surface area contributed by atoms with Crippen LogP contribution in [0.25, 0.3) is 10.4 Å². The molecule has 0 bridgehead atoms. The molecule has 0 unspecified atom stereocenters. The molecule has 294 valence electrons. The number of primary amides is 1. The van der Waals surface area contributed by atoms with E-state index in [1.54, 1.807) is 17.4 Å². The Morgan fingerprint density at radius 3 is 2.44 bits per heavy atom. The van der Waals surface area contributed by atoms with Gasteiger partial charge in [0.1, 0.15) is 24.4 Å². The topological polar surface area (TPSA) is 190 Å². The number of benzene rings is 2. The van der Waals surface area contributed by atoms with Gasteiger partial charge < -0.3 is 36.8 Å². The van der Waals surface area contributed by atoms with Gasteiger partial charge in [-0.05, 0) is 73.8 Å². The smallest absolute Gasteiger partial charge is 0.246 e. The number of hydrogen-bond donors (Lipinski definition) is 5. The molecular formula is C40H55ClN6O6S. The molecule has 1 aliphatic heterocycles. The van der Waals surface area contributed by atoms with E-state index < -0.39 is 29.5 Å². The number of likely N-dealkylation sites (tertiary alicyclic amines) is 1. The SMILES string of the molecule is Cc1ncsc1-c1ccc([C@H](C)NC(=O)[C@@H]2C[C@@H](O)CN2C(=O)[C@@H](NC(=O)CCCCCc2ccc(Cl)c(OC[C@@H](N)CCC(N)=O)c2)C(C)(C)C)cc1. The van der Waals surface area contributed by atoms with Crippen molar-refractivity contribution in [1.29, 1.82) is 0 Å². The Balaban J connectivity index is 1.27. The van der Waals surface area contributed by atoms with Crippen molar-refractivity contribution in [3.63, 3.8) is 0 Å². The number of nitrogens with two attached hydrogens (primary N) is 2. The zero-order valence-corrected chi connectivity index (χ0v) is 33.5. The van der Waals surface area contributed by atoms with Gasteiger partial charge in [0.15, 0.2) is 0 Å². The van der Waals surface area contributed by atoms with Gasteiger partial charge in [-0.25, -0.2) is 4.98 Å². The van der Waals surface area contributed by atoms with Crippen LogP contribution in [0.15, 0.2) is 48.0 Å². The molecule has 0 saturated carbocycles. The molecule has 14 heteroatoms. The Hall–Kier alpha value is -4.04. The lowest BCUT2D eigenvalue weighted by atomic mass is 9.85. The third-order valence-electron chi connectivity index (χ3n) is 9.64. The zero-order chi connectivity index (χ0) is 39.6. The summed E-state index contributed by atoms with van der Waals surface area (Å²) < 4.78 is 5.80. The number of aromatic nitrogens is 1. The highest BCUT2D eigenvalue weighted by Gasteiger charge is 2.44. The van der Waals surface area contributed by atoms with Gasteiger partial charge in [0.25, 0.3) is 0 Å². The fraction of sp³-hybridized carbons (Fsp3) is 0.525. The molecule has 4 rings (SSSR count). The zero-order valence-electron chi connectivity index (χ0n) is 31.9. The summed E-state index contributed by atoms with van der Waals surface area (Å²) in [6.45, 7) is 9.69. The Morgan fingerprint density at radius 2 is 1.80 bits per heavy atom. The highest BCUT2D eigenvalue weighted by Crippen LogP contribution is 2.30. The van der Waals surface area contributed by atoms with E-state index in [4.69, 9.17) is 27.8 Å². The minimum Gasteiger partial charge on any atom is -0.490 e. The molecule has 7 N–H and O–H groups in total. The molecule has 1 aromatic heterocycles. The van der Waals surface area contributed by atoms with Crippen LogP contribution in [0.5, 0.6) is 5.75 Å². The van der Waals surface area contributed by atoms with E-state index in [2.05, 4.69) is 15.6 Å². The highest BCUT2D eigenvalue weighted by molar-refractivity contribution is 7.13. The molecule has 2 aromatic carbocycles. The lowest BCUT2D eigenvalue weighted by Gasteiger charge is -2.35. The second-order valence-electron chi connectivity index (χ2n) is 15.3. The number of aliphatic hydroxyl groups excluding tert-OH is 1. The largest absolute Gasteiger partial charge is 0.490 e. The van der Waals surface area contributed by atoms with Crippen LogP contribution in [-0.2, 0) is 25.6 Å². The number of unbranched alkanes of at least 4 members (excludes halogenated alkanes) is 2. The number of aliphatic hydroxyl groups is 1. The number of amides is 4. The van der Waals surface area contributed by atoms with Crippen molar-refractivity contribution in [2.75, 3.05) is 13.2 Å². The third-order valence-corrected chi connectivity index (χ3v) is 10.9. The molecular weight excluding hydrogens is 728 g/mol. The first-order valence-electron chi connectivity index (χ1n) is 18.6. The standard InChI is InChI=1S/C40H55ClN6O6S/c1-24(27-12-14-28(15-13-27)36-25(2)44-23-54-36)45-38(51)32-20-30(48)21-47(32)39(52)37(40(3,4)5)46-35(50)10-8-6-7-9-26-11-17-31(41)33(19-26)53-22-29(42)16-18-34(43)49/h11-15,17,19,23-24,29-30,32,37,48H,6-10,16,18,20-22,42H2,1-5H3,(H2,43,49)(H,45,51)(H,46,50)/t24-,29-,30+,32-,37+/m0/s1. The number of β-amino-alcohol motifs (C(OH)–C–C–N with tert-alkyl or cyclic N) is 1. The van der Waals surface area contributed by atoms with Crippen LogP contribution >= 0.6 is 22.9 Å². The molecule has 4 amide bonds. The Morgan fingerprint density at radius 1 is 1.07 bits per heavy atom. The molecule has 1 fully saturated rings. The molecule has 0 aliphatic carbocycles. The first kappa shape index (κ1) is 42.7. The minimum atomic E-state index is -0.887. The van der Waals surface area contributed by atoms with Crippen LogP contribution in [0.3, 0.4) is 0 Å². The molecule has 3 aromatic rings. The summed E-state index contributed by atoms with van der Waals surface area (Å²) in [7, 11) is 0. The molecule has 2 heterocycles. The van der Waals surface area contributed by atoms with Crippen molar-refractivity contribution < 1.29 is 29.0 Å². The maximum absolute atomic E-state index is 14.0. The van der Waals surface area contributed by atoms with Crippen molar-refractivity contribution in [3.8, 4) is 16.2 Å². The second-order valence-corrected chi connectivity index (χ2v) is 16.5. The van der Waals surface area contributed by atoms with Gasteiger partial charge >= 0.3 is 0 Å². The van der Waals surface area contributed by atoms with Gasteiger partial charge in [0.05, 0.1) is 33.3 Å². The Labute approximate surface area is 327 Å². The number of hydrogen-bond acceptors (Lipinski definition) is 9. The average molecular weight is 783 g/mol. The van der Waals surface area contributed by atoms with Crippen molar-refractivity contribution in [2.45, 2.75) is 116 Å². The van der Waals surface area contributed by atoms with Crippen LogP contribution in [-0.4, -0.2) is 76.0 Å². The van der Waals surface area contributed by atoms with Crippen molar-refractivity contribution in [3.05, 3.63) is 69.8 Å². The predicted molar refractivity (Wildman–Crippen MR) is 212 cm³/mol. The maximum Gasteiger partial charge on any atom is 0.246 e. The first-order valence-corrected chi connectivity index (χ1v) is 19.8. The van der Waals surface area contributed by atoms with E-state index in [0.29, 0.717) is 23.6 Å². The van der Waals surface area contributed by atoms with Gasteiger partial charge in [0.2, 0.25) is 23.6 Å². The normalized spacial score (nSPS) is 17.4. The quantitative estimate of drug-likeness (QED) is 0.109. The molecule has 0 spiro atoms. The fourth-order valence-corrected chi connectivity index (χ4v) is 7.45. The van der Waals surface area contributed by atoms with Gasteiger partial charge in [-0.2, -0.15) is 0 Å². The average Bonchev–Trinajstić information content (AvgIpc) is 3.74. The monoisotopic (exact) mass is 782 g/mol.